The van der Waals surface area contributed by atoms with Gasteiger partial charge in [-0.2, -0.15) is 0 Å². The number of benzene rings is 1. The van der Waals surface area contributed by atoms with Gasteiger partial charge in [-0.05, 0) is 24.3 Å². The Hall–Kier alpha value is -3.13. The molecule has 0 aliphatic rings. The molecular formula is C16H13N5O2S. The highest BCUT2D eigenvalue weighted by Crippen LogP contribution is 2.24. The fourth-order valence-electron chi connectivity index (χ4n) is 2.07. The van der Waals surface area contributed by atoms with Gasteiger partial charge in [-0.15, -0.1) is 21.5 Å². The van der Waals surface area contributed by atoms with Crippen LogP contribution in [-0.4, -0.2) is 34.0 Å². The Labute approximate surface area is 141 Å². The zero-order valence-electron chi connectivity index (χ0n) is 12.7. The number of rotatable bonds is 4. The van der Waals surface area contributed by atoms with Crippen LogP contribution in [0.4, 0.5) is 0 Å². The number of thiazole rings is 1. The van der Waals surface area contributed by atoms with E-state index in [4.69, 9.17) is 5.73 Å². The van der Waals surface area contributed by atoms with E-state index < -0.39 is 5.91 Å². The van der Waals surface area contributed by atoms with E-state index in [1.54, 1.807) is 42.8 Å². The molecule has 7 nitrogen and oxygen atoms in total. The SMILES string of the molecule is CNC(=O)c1cccc(-c2ccc(-c3nc(C(N)=O)cs3)nn2)c1. The second kappa shape index (κ2) is 6.55. The molecule has 120 valence electrons. The molecule has 8 heteroatoms. The number of primary amides is 1. The summed E-state index contributed by atoms with van der Waals surface area (Å²) in [5.74, 6) is -0.740. The van der Waals surface area contributed by atoms with Gasteiger partial charge in [-0.25, -0.2) is 4.98 Å². The average molecular weight is 339 g/mol. The topological polar surface area (TPSA) is 111 Å². The van der Waals surface area contributed by atoms with Crippen LogP contribution in [0, 0.1) is 0 Å². The molecule has 0 atom stereocenters. The summed E-state index contributed by atoms with van der Waals surface area (Å²) in [6.45, 7) is 0. The van der Waals surface area contributed by atoms with Gasteiger partial charge in [-0.3, -0.25) is 9.59 Å². The highest BCUT2D eigenvalue weighted by Gasteiger charge is 2.11. The standard InChI is InChI=1S/C16H13N5O2S/c1-18-15(23)10-4-2-3-9(7-10)11-5-6-12(21-20-11)16-19-13(8-24-16)14(17)22/h2-8H,1H3,(H2,17,22)(H,18,23). The average Bonchev–Trinajstić information content (AvgIpc) is 3.12. The predicted molar refractivity (Wildman–Crippen MR) is 90.5 cm³/mol. The van der Waals surface area contributed by atoms with Gasteiger partial charge >= 0.3 is 0 Å². The number of nitrogens with two attached hydrogens (primary N) is 1. The molecule has 0 spiro atoms. The molecule has 0 unspecified atom stereocenters. The summed E-state index contributed by atoms with van der Waals surface area (Å²) in [4.78, 5) is 26.9. The highest BCUT2D eigenvalue weighted by atomic mass is 32.1. The number of carbonyl (C=O) groups is 2. The maximum atomic E-state index is 11.7. The van der Waals surface area contributed by atoms with Crippen LogP contribution in [0.25, 0.3) is 22.0 Å². The second-order valence-electron chi connectivity index (χ2n) is 4.87. The maximum Gasteiger partial charge on any atom is 0.268 e. The predicted octanol–water partition coefficient (Wildman–Crippen LogP) is 1.73. The van der Waals surface area contributed by atoms with E-state index in [0.717, 1.165) is 5.56 Å². The quantitative estimate of drug-likeness (QED) is 0.752. The summed E-state index contributed by atoms with van der Waals surface area (Å²) in [5.41, 5.74) is 7.92. The van der Waals surface area contributed by atoms with E-state index in [2.05, 4.69) is 20.5 Å². The second-order valence-corrected chi connectivity index (χ2v) is 5.72. The van der Waals surface area contributed by atoms with Crippen molar-refractivity contribution in [3.8, 4) is 22.0 Å². The lowest BCUT2D eigenvalue weighted by molar-refractivity contribution is 0.0961. The Morgan fingerprint density at radius 2 is 1.88 bits per heavy atom. The van der Waals surface area contributed by atoms with Crippen molar-refractivity contribution in [1.29, 1.82) is 0 Å². The summed E-state index contributed by atoms with van der Waals surface area (Å²) >= 11 is 1.27. The molecule has 3 rings (SSSR count). The Morgan fingerprint density at radius 3 is 2.50 bits per heavy atom. The molecule has 3 aromatic rings. The zero-order valence-corrected chi connectivity index (χ0v) is 13.5. The van der Waals surface area contributed by atoms with E-state index in [9.17, 15) is 9.59 Å². The molecule has 24 heavy (non-hydrogen) atoms. The van der Waals surface area contributed by atoms with E-state index in [1.807, 2.05) is 6.07 Å². The van der Waals surface area contributed by atoms with Crippen molar-refractivity contribution in [2.24, 2.45) is 5.73 Å². The molecule has 2 heterocycles. The smallest absolute Gasteiger partial charge is 0.268 e. The minimum atomic E-state index is -0.576. The third-order valence-corrected chi connectivity index (χ3v) is 4.15. The maximum absolute atomic E-state index is 11.7. The van der Waals surface area contributed by atoms with Gasteiger partial charge in [0.25, 0.3) is 11.8 Å². The Kier molecular flexibility index (Phi) is 4.30. The fourth-order valence-corrected chi connectivity index (χ4v) is 2.84. The fraction of sp³-hybridized carbons (Fsp3) is 0.0625. The molecular weight excluding hydrogens is 326 g/mol. The number of hydrogen-bond acceptors (Lipinski definition) is 6. The van der Waals surface area contributed by atoms with Crippen LogP contribution in [0.5, 0.6) is 0 Å². The van der Waals surface area contributed by atoms with Crippen LogP contribution in [0.2, 0.25) is 0 Å². The third kappa shape index (κ3) is 3.13. The van der Waals surface area contributed by atoms with Crippen molar-refractivity contribution < 1.29 is 9.59 Å². The third-order valence-electron chi connectivity index (χ3n) is 3.29. The largest absolute Gasteiger partial charge is 0.364 e. The first kappa shape index (κ1) is 15.8. The van der Waals surface area contributed by atoms with Gasteiger partial charge in [0.15, 0.2) is 0 Å². The minimum Gasteiger partial charge on any atom is -0.364 e. The van der Waals surface area contributed by atoms with E-state index in [1.165, 1.54) is 11.3 Å². The first-order valence-corrected chi connectivity index (χ1v) is 7.88. The number of hydrogen-bond donors (Lipinski definition) is 2. The lowest BCUT2D eigenvalue weighted by Crippen LogP contribution is -2.17. The number of amides is 2. The Bertz CT molecular complexity index is 905. The summed E-state index contributed by atoms with van der Waals surface area (Å²) in [7, 11) is 1.58. The minimum absolute atomic E-state index is 0.164. The molecule has 2 amide bonds. The molecule has 0 bridgehead atoms. The van der Waals surface area contributed by atoms with Crippen LogP contribution < -0.4 is 11.1 Å². The van der Waals surface area contributed by atoms with Gasteiger partial charge in [0, 0.05) is 23.6 Å². The van der Waals surface area contributed by atoms with Gasteiger partial charge < -0.3 is 11.1 Å². The summed E-state index contributed by atoms with van der Waals surface area (Å²) < 4.78 is 0. The summed E-state index contributed by atoms with van der Waals surface area (Å²) in [6.07, 6.45) is 0. The molecule has 0 saturated heterocycles. The van der Waals surface area contributed by atoms with Crippen molar-refractivity contribution in [1.82, 2.24) is 20.5 Å². The van der Waals surface area contributed by atoms with Gasteiger partial charge in [0.05, 0.1) is 5.69 Å². The highest BCUT2D eigenvalue weighted by molar-refractivity contribution is 7.13. The van der Waals surface area contributed by atoms with Crippen LogP contribution in [0.1, 0.15) is 20.8 Å². The van der Waals surface area contributed by atoms with Gasteiger partial charge in [0.2, 0.25) is 0 Å². The Morgan fingerprint density at radius 1 is 1.12 bits per heavy atom. The number of nitrogens with one attached hydrogen (secondary N) is 1. The lowest BCUT2D eigenvalue weighted by Gasteiger charge is -2.04. The van der Waals surface area contributed by atoms with Crippen LogP contribution >= 0.6 is 11.3 Å². The Balaban J connectivity index is 1.89. The van der Waals surface area contributed by atoms with Crippen molar-refractivity contribution in [2.75, 3.05) is 7.05 Å². The number of nitrogens with zero attached hydrogens (tertiary/aromatic N) is 3. The van der Waals surface area contributed by atoms with Crippen LogP contribution in [0.3, 0.4) is 0 Å². The number of aromatic nitrogens is 3. The molecule has 0 fully saturated rings. The van der Waals surface area contributed by atoms with Crippen molar-refractivity contribution in [3.05, 3.63) is 53.0 Å². The molecule has 0 aliphatic heterocycles. The molecule has 0 radical (unpaired) electrons. The van der Waals surface area contributed by atoms with E-state index in [0.29, 0.717) is 22.0 Å². The zero-order chi connectivity index (χ0) is 17.1. The van der Waals surface area contributed by atoms with Crippen LogP contribution in [-0.2, 0) is 0 Å². The molecule has 0 saturated carbocycles. The molecule has 3 N–H and O–H groups in total. The first-order chi connectivity index (χ1) is 11.6. The molecule has 2 aromatic heterocycles. The first-order valence-electron chi connectivity index (χ1n) is 7.00. The number of carbonyl (C=O) groups excluding carboxylic acids is 2. The molecule has 1 aromatic carbocycles. The monoisotopic (exact) mass is 339 g/mol. The van der Waals surface area contributed by atoms with Crippen molar-refractivity contribution in [3.63, 3.8) is 0 Å². The van der Waals surface area contributed by atoms with E-state index >= 15 is 0 Å². The van der Waals surface area contributed by atoms with Gasteiger partial charge in [-0.1, -0.05) is 12.1 Å². The van der Waals surface area contributed by atoms with Gasteiger partial charge in [0.1, 0.15) is 16.4 Å². The van der Waals surface area contributed by atoms with Crippen molar-refractivity contribution in [2.45, 2.75) is 0 Å². The van der Waals surface area contributed by atoms with E-state index in [-0.39, 0.29) is 11.6 Å². The summed E-state index contributed by atoms with van der Waals surface area (Å²) in [6, 6.07) is 10.7. The van der Waals surface area contributed by atoms with Crippen molar-refractivity contribution >= 4 is 23.2 Å². The summed E-state index contributed by atoms with van der Waals surface area (Å²) in [5, 5.41) is 13.0. The lowest BCUT2D eigenvalue weighted by atomic mass is 10.1. The van der Waals surface area contributed by atoms with Crippen LogP contribution in [0.15, 0.2) is 41.8 Å². The normalized spacial score (nSPS) is 10.4. The molecule has 0 aliphatic carbocycles.